The summed E-state index contributed by atoms with van der Waals surface area (Å²) >= 11 is 0. The summed E-state index contributed by atoms with van der Waals surface area (Å²) in [4.78, 5) is 31.0. The predicted octanol–water partition coefficient (Wildman–Crippen LogP) is 4.64. The van der Waals surface area contributed by atoms with Crippen molar-refractivity contribution in [2.24, 2.45) is 0 Å². The summed E-state index contributed by atoms with van der Waals surface area (Å²) in [6, 6.07) is 20.0. The molecule has 0 radical (unpaired) electrons. The number of pyridine rings is 2. The number of amides is 1. The lowest BCUT2D eigenvalue weighted by Crippen LogP contribution is -2.22. The number of carbonyl (C=O) groups excluding carboxylic acids is 1. The van der Waals surface area contributed by atoms with E-state index in [0.717, 1.165) is 16.7 Å². The van der Waals surface area contributed by atoms with Crippen LogP contribution in [0.4, 0.5) is 21.7 Å². The van der Waals surface area contributed by atoms with Crippen LogP contribution in [0.2, 0.25) is 0 Å². The quantitative estimate of drug-likeness (QED) is 0.169. The summed E-state index contributed by atoms with van der Waals surface area (Å²) in [6.45, 7) is 1.41. The van der Waals surface area contributed by atoms with Crippen LogP contribution in [0.1, 0.15) is 15.9 Å². The van der Waals surface area contributed by atoms with E-state index in [1.54, 1.807) is 36.5 Å². The maximum atomic E-state index is 13.0. The molecule has 0 saturated heterocycles. The first-order chi connectivity index (χ1) is 17.5. The minimum Gasteiger partial charge on any atom is -0.368 e. The standard InChI is InChI=1S/C26H23FN6O3/c27-22-7-1-18(2-8-22)16-32-26(34)20-5-3-19(4-6-20)21-11-12-28-25(15-21)30-14-13-29-24-10-9-23(17-31-24)33(35)36/h1-12,15,17H,13-14,16H2,(H,28,30)(H,29,31)(H,32,34). The molecule has 10 heteroatoms. The number of nitrogens with one attached hydrogen (secondary N) is 3. The Morgan fingerprint density at radius 2 is 1.58 bits per heavy atom. The second-order valence-electron chi connectivity index (χ2n) is 7.83. The third kappa shape index (κ3) is 6.60. The number of anilines is 2. The van der Waals surface area contributed by atoms with Gasteiger partial charge in [-0.25, -0.2) is 14.4 Å². The molecule has 3 N–H and O–H groups in total. The fourth-order valence-corrected chi connectivity index (χ4v) is 3.39. The molecule has 182 valence electrons. The topological polar surface area (TPSA) is 122 Å². The maximum Gasteiger partial charge on any atom is 0.287 e. The lowest BCUT2D eigenvalue weighted by Gasteiger charge is -2.10. The molecule has 0 aliphatic rings. The number of hydrogen-bond donors (Lipinski definition) is 3. The largest absolute Gasteiger partial charge is 0.368 e. The molecular formula is C26H23FN6O3. The third-order valence-corrected chi connectivity index (χ3v) is 5.30. The minimum atomic E-state index is -0.491. The van der Waals surface area contributed by atoms with E-state index in [9.17, 15) is 19.3 Å². The van der Waals surface area contributed by atoms with Gasteiger partial charge in [0.15, 0.2) is 0 Å². The Kier molecular flexibility index (Phi) is 7.76. The van der Waals surface area contributed by atoms with E-state index in [4.69, 9.17) is 0 Å². The highest BCUT2D eigenvalue weighted by Crippen LogP contribution is 2.22. The van der Waals surface area contributed by atoms with Crippen molar-refractivity contribution in [3.05, 3.63) is 112 Å². The van der Waals surface area contributed by atoms with Gasteiger partial charge in [-0.15, -0.1) is 0 Å². The van der Waals surface area contributed by atoms with Gasteiger partial charge in [-0.05, 0) is 59.2 Å². The number of benzene rings is 2. The van der Waals surface area contributed by atoms with Gasteiger partial charge in [-0.1, -0.05) is 24.3 Å². The molecule has 36 heavy (non-hydrogen) atoms. The minimum absolute atomic E-state index is 0.0571. The molecule has 0 atom stereocenters. The number of halogens is 1. The first-order valence-electron chi connectivity index (χ1n) is 11.2. The van der Waals surface area contributed by atoms with Crippen molar-refractivity contribution in [2.45, 2.75) is 6.54 Å². The van der Waals surface area contributed by atoms with Gasteiger partial charge >= 0.3 is 0 Å². The smallest absolute Gasteiger partial charge is 0.287 e. The molecule has 0 spiro atoms. The summed E-state index contributed by atoms with van der Waals surface area (Å²) in [5.74, 6) is 0.710. The van der Waals surface area contributed by atoms with E-state index in [0.29, 0.717) is 36.8 Å². The second-order valence-corrected chi connectivity index (χ2v) is 7.83. The third-order valence-electron chi connectivity index (χ3n) is 5.30. The van der Waals surface area contributed by atoms with E-state index >= 15 is 0 Å². The van der Waals surface area contributed by atoms with Gasteiger partial charge in [0, 0.05) is 37.5 Å². The van der Waals surface area contributed by atoms with Crippen LogP contribution in [0.3, 0.4) is 0 Å². The molecule has 0 bridgehead atoms. The van der Waals surface area contributed by atoms with E-state index in [1.807, 2.05) is 24.3 Å². The Morgan fingerprint density at radius 1 is 0.861 bits per heavy atom. The van der Waals surface area contributed by atoms with Crippen LogP contribution in [-0.2, 0) is 6.54 Å². The Bertz CT molecular complexity index is 1330. The zero-order chi connectivity index (χ0) is 25.3. The molecule has 0 unspecified atom stereocenters. The number of aromatic nitrogens is 2. The van der Waals surface area contributed by atoms with Gasteiger partial charge in [-0.3, -0.25) is 14.9 Å². The highest BCUT2D eigenvalue weighted by atomic mass is 19.1. The molecule has 0 aliphatic carbocycles. The van der Waals surface area contributed by atoms with Gasteiger partial charge in [0.2, 0.25) is 0 Å². The fourth-order valence-electron chi connectivity index (χ4n) is 3.39. The van der Waals surface area contributed by atoms with E-state index < -0.39 is 4.92 Å². The predicted molar refractivity (Wildman–Crippen MR) is 135 cm³/mol. The van der Waals surface area contributed by atoms with E-state index in [2.05, 4.69) is 25.9 Å². The number of rotatable bonds is 10. The average molecular weight is 487 g/mol. The summed E-state index contributed by atoms with van der Waals surface area (Å²) in [5, 5.41) is 19.8. The Labute approximate surface area is 206 Å². The van der Waals surface area contributed by atoms with Crippen LogP contribution in [-0.4, -0.2) is 33.9 Å². The molecule has 0 saturated carbocycles. The first-order valence-corrected chi connectivity index (χ1v) is 11.2. The van der Waals surface area contributed by atoms with Crippen molar-refractivity contribution in [2.75, 3.05) is 23.7 Å². The Balaban J connectivity index is 1.28. The van der Waals surface area contributed by atoms with Gasteiger partial charge in [-0.2, -0.15) is 0 Å². The number of nitrogens with zero attached hydrogens (tertiary/aromatic N) is 3. The van der Waals surface area contributed by atoms with Crippen molar-refractivity contribution in [1.29, 1.82) is 0 Å². The van der Waals surface area contributed by atoms with Gasteiger partial charge in [0.1, 0.15) is 23.6 Å². The maximum absolute atomic E-state index is 13.0. The number of hydrogen-bond acceptors (Lipinski definition) is 7. The van der Waals surface area contributed by atoms with Crippen molar-refractivity contribution in [1.82, 2.24) is 15.3 Å². The second kappa shape index (κ2) is 11.5. The molecule has 1 amide bonds. The Hall–Kier alpha value is -4.86. The van der Waals surface area contributed by atoms with Crippen molar-refractivity contribution in [3.8, 4) is 11.1 Å². The highest BCUT2D eigenvalue weighted by molar-refractivity contribution is 5.94. The monoisotopic (exact) mass is 486 g/mol. The van der Waals surface area contributed by atoms with Crippen LogP contribution >= 0.6 is 0 Å². The lowest BCUT2D eigenvalue weighted by atomic mass is 10.0. The lowest BCUT2D eigenvalue weighted by molar-refractivity contribution is -0.385. The SMILES string of the molecule is O=C(NCc1ccc(F)cc1)c1ccc(-c2ccnc(NCCNc3ccc([N+](=O)[O-])cn3)c2)cc1. The zero-order valence-electron chi connectivity index (χ0n) is 19.1. The van der Waals surface area contributed by atoms with E-state index in [1.165, 1.54) is 24.4 Å². The van der Waals surface area contributed by atoms with Crippen LogP contribution < -0.4 is 16.0 Å². The van der Waals surface area contributed by atoms with Crippen LogP contribution in [0.5, 0.6) is 0 Å². The summed E-state index contributed by atoms with van der Waals surface area (Å²) in [6.07, 6.45) is 2.91. The molecule has 2 aromatic heterocycles. The van der Waals surface area contributed by atoms with Crippen LogP contribution in [0.15, 0.2) is 85.2 Å². The summed E-state index contributed by atoms with van der Waals surface area (Å²) in [7, 11) is 0. The molecule has 0 fully saturated rings. The molecule has 4 aromatic rings. The molecule has 9 nitrogen and oxygen atoms in total. The molecule has 0 aliphatic heterocycles. The van der Waals surface area contributed by atoms with Gasteiger partial charge in [0.25, 0.3) is 11.6 Å². The number of nitro groups is 1. The molecule has 2 heterocycles. The van der Waals surface area contributed by atoms with Crippen molar-refractivity contribution in [3.63, 3.8) is 0 Å². The fraction of sp³-hybridized carbons (Fsp3) is 0.115. The normalized spacial score (nSPS) is 10.5. The van der Waals surface area contributed by atoms with Crippen molar-refractivity contribution >= 4 is 23.2 Å². The van der Waals surface area contributed by atoms with Crippen LogP contribution in [0, 0.1) is 15.9 Å². The molecule has 4 rings (SSSR count). The van der Waals surface area contributed by atoms with Crippen molar-refractivity contribution < 1.29 is 14.1 Å². The number of carbonyl (C=O) groups is 1. The summed E-state index contributed by atoms with van der Waals surface area (Å²) in [5.41, 5.74) is 3.16. The van der Waals surface area contributed by atoms with Gasteiger partial charge < -0.3 is 16.0 Å². The Morgan fingerprint density at radius 3 is 2.25 bits per heavy atom. The first kappa shape index (κ1) is 24.3. The highest BCUT2D eigenvalue weighted by Gasteiger charge is 2.08. The average Bonchev–Trinajstić information content (AvgIpc) is 2.91. The van der Waals surface area contributed by atoms with Crippen LogP contribution in [0.25, 0.3) is 11.1 Å². The molecule has 2 aromatic carbocycles. The zero-order valence-corrected chi connectivity index (χ0v) is 19.1. The summed E-state index contributed by atoms with van der Waals surface area (Å²) < 4.78 is 13.0. The van der Waals surface area contributed by atoms with E-state index in [-0.39, 0.29) is 17.4 Å². The molecular weight excluding hydrogens is 463 g/mol. The van der Waals surface area contributed by atoms with Gasteiger partial charge in [0.05, 0.1) is 4.92 Å².